The molecule has 2 aromatic heterocycles. The van der Waals surface area contributed by atoms with E-state index in [0.29, 0.717) is 17.5 Å². The lowest BCUT2D eigenvalue weighted by Gasteiger charge is -2.21. The largest absolute Gasteiger partial charge is 0.456 e. The van der Waals surface area contributed by atoms with Crippen molar-refractivity contribution in [2.45, 2.75) is 19.3 Å². The van der Waals surface area contributed by atoms with Crippen LogP contribution in [0, 0.1) is 0 Å². The molecule has 0 N–H and O–H groups in total. The number of aromatic nitrogens is 3. The number of furan rings is 1. The topological polar surface area (TPSA) is 51.8 Å². The molecule has 6 aromatic carbocycles. The van der Waals surface area contributed by atoms with Gasteiger partial charge in [-0.2, -0.15) is 0 Å². The molecule has 2 heterocycles. The molecule has 0 bridgehead atoms. The zero-order chi connectivity index (χ0) is 30.8. The standard InChI is InChI=1S/C42H29N3O/c1-42(2)35-22-21-30(23-32(35)33-25-38-34(24-36(33)42)31-15-9-10-16-37(31)46-38)26-17-19-29(20-18-26)41-44-39(27-11-5-3-6-12-27)43-40(45-41)28-13-7-4-8-14-28/h3-25H,1-2H3. The molecule has 0 saturated heterocycles. The van der Waals surface area contributed by atoms with E-state index < -0.39 is 0 Å². The minimum atomic E-state index is -0.106. The average molecular weight is 592 g/mol. The van der Waals surface area contributed by atoms with Crippen LogP contribution in [0.2, 0.25) is 0 Å². The summed E-state index contributed by atoms with van der Waals surface area (Å²) < 4.78 is 6.29. The third-order valence-corrected chi connectivity index (χ3v) is 9.35. The Morgan fingerprint density at radius 2 is 0.935 bits per heavy atom. The van der Waals surface area contributed by atoms with Crippen molar-refractivity contribution in [3.63, 3.8) is 0 Å². The smallest absolute Gasteiger partial charge is 0.164 e. The summed E-state index contributed by atoms with van der Waals surface area (Å²) in [6.07, 6.45) is 0. The Balaban J connectivity index is 1.11. The van der Waals surface area contributed by atoms with Gasteiger partial charge in [-0.15, -0.1) is 0 Å². The Bertz CT molecular complexity index is 2370. The molecule has 0 radical (unpaired) electrons. The highest BCUT2D eigenvalue weighted by atomic mass is 16.3. The van der Waals surface area contributed by atoms with Crippen molar-refractivity contribution in [1.82, 2.24) is 15.0 Å². The van der Waals surface area contributed by atoms with E-state index >= 15 is 0 Å². The fourth-order valence-electron chi connectivity index (χ4n) is 6.90. The molecular formula is C42H29N3O. The Labute approximate surface area is 267 Å². The van der Waals surface area contributed by atoms with Crippen molar-refractivity contribution in [3.05, 3.63) is 151 Å². The quantitative estimate of drug-likeness (QED) is 0.204. The van der Waals surface area contributed by atoms with Crippen LogP contribution in [0.4, 0.5) is 0 Å². The summed E-state index contributed by atoms with van der Waals surface area (Å²) in [4.78, 5) is 14.6. The van der Waals surface area contributed by atoms with E-state index in [1.807, 2.05) is 72.8 Å². The van der Waals surface area contributed by atoms with Gasteiger partial charge in [0.1, 0.15) is 11.2 Å². The van der Waals surface area contributed by atoms with Gasteiger partial charge in [-0.1, -0.05) is 129 Å². The molecule has 4 nitrogen and oxygen atoms in total. The Hall–Kier alpha value is -5.87. The number of benzene rings is 6. The second-order valence-corrected chi connectivity index (χ2v) is 12.5. The molecule has 218 valence electrons. The van der Waals surface area contributed by atoms with E-state index in [9.17, 15) is 0 Å². The maximum absolute atomic E-state index is 6.29. The first-order chi connectivity index (χ1) is 22.5. The van der Waals surface area contributed by atoms with Crippen molar-refractivity contribution >= 4 is 21.9 Å². The van der Waals surface area contributed by atoms with Gasteiger partial charge in [-0.3, -0.25) is 0 Å². The Kier molecular flexibility index (Phi) is 5.81. The molecule has 0 atom stereocenters. The molecule has 1 aliphatic rings. The molecule has 0 aliphatic heterocycles. The molecule has 0 amide bonds. The van der Waals surface area contributed by atoms with Crippen LogP contribution in [0.3, 0.4) is 0 Å². The summed E-state index contributed by atoms with van der Waals surface area (Å²) in [5.41, 5.74) is 12.1. The summed E-state index contributed by atoms with van der Waals surface area (Å²) >= 11 is 0. The minimum absolute atomic E-state index is 0.106. The zero-order valence-electron chi connectivity index (χ0n) is 25.5. The predicted octanol–water partition coefficient (Wildman–Crippen LogP) is 10.7. The first-order valence-electron chi connectivity index (χ1n) is 15.6. The van der Waals surface area contributed by atoms with E-state index in [0.717, 1.165) is 38.8 Å². The van der Waals surface area contributed by atoms with E-state index in [-0.39, 0.29) is 5.41 Å². The number of hydrogen-bond acceptors (Lipinski definition) is 4. The van der Waals surface area contributed by atoms with E-state index in [4.69, 9.17) is 19.4 Å². The number of para-hydroxylation sites is 1. The van der Waals surface area contributed by atoms with Crippen molar-refractivity contribution in [2.24, 2.45) is 0 Å². The van der Waals surface area contributed by atoms with Crippen LogP contribution in [-0.2, 0) is 5.41 Å². The van der Waals surface area contributed by atoms with Crippen LogP contribution in [0.1, 0.15) is 25.0 Å². The van der Waals surface area contributed by atoms with Gasteiger partial charge in [-0.05, 0) is 57.6 Å². The lowest BCUT2D eigenvalue weighted by Crippen LogP contribution is -2.14. The lowest BCUT2D eigenvalue weighted by atomic mass is 9.81. The van der Waals surface area contributed by atoms with E-state index in [1.165, 1.54) is 33.2 Å². The SMILES string of the molecule is CC1(C)c2ccc(-c3ccc(-c4nc(-c5ccccc5)nc(-c5ccccc5)n4)cc3)cc2-c2cc3oc4ccccc4c3cc21. The molecule has 0 fully saturated rings. The second kappa shape index (κ2) is 10.1. The second-order valence-electron chi connectivity index (χ2n) is 12.5. The van der Waals surface area contributed by atoms with Crippen LogP contribution in [0.25, 0.3) is 78.4 Å². The molecule has 9 rings (SSSR count). The molecule has 0 unspecified atom stereocenters. The van der Waals surface area contributed by atoms with Gasteiger partial charge in [0.15, 0.2) is 17.5 Å². The van der Waals surface area contributed by atoms with Gasteiger partial charge < -0.3 is 4.42 Å². The summed E-state index contributed by atoms with van der Waals surface area (Å²) in [7, 11) is 0. The normalized spacial score (nSPS) is 13.2. The fraction of sp³-hybridized carbons (Fsp3) is 0.0714. The summed E-state index contributed by atoms with van der Waals surface area (Å²) in [5, 5.41) is 2.34. The average Bonchev–Trinajstić information content (AvgIpc) is 3.59. The van der Waals surface area contributed by atoms with Gasteiger partial charge >= 0.3 is 0 Å². The Morgan fingerprint density at radius 3 is 1.59 bits per heavy atom. The monoisotopic (exact) mass is 591 g/mol. The lowest BCUT2D eigenvalue weighted by molar-refractivity contribution is 0.658. The van der Waals surface area contributed by atoms with Crippen LogP contribution in [0.5, 0.6) is 0 Å². The molecule has 0 spiro atoms. The molecule has 1 aliphatic carbocycles. The molecular weight excluding hydrogens is 562 g/mol. The van der Waals surface area contributed by atoms with Gasteiger partial charge in [0.2, 0.25) is 0 Å². The fourth-order valence-corrected chi connectivity index (χ4v) is 6.90. The van der Waals surface area contributed by atoms with Crippen LogP contribution in [-0.4, -0.2) is 15.0 Å². The first-order valence-corrected chi connectivity index (χ1v) is 15.6. The summed E-state index contributed by atoms with van der Waals surface area (Å²) in [6, 6.07) is 48.4. The van der Waals surface area contributed by atoms with Gasteiger partial charge in [-0.25, -0.2) is 15.0 Å². The molecule has 8 aromatic rings. The maximum Gasteiger partial charge on any atom is 0.164 e. The Morgan fingerprint density at radius 1 is 0.413 bits per heavy atom. The van der Waals surface area contributed by atoms with Crippen molar-refractivity contribution in [2.75, 3.05) is 0 Å². The highest BCUT2D eigenvalue weighted by Gasteiger charge is 2.36. The zero-order valence-corrected chi connectivity index (χ0v) is 25.5. The highest BCUT2D eigenvalue weighted by Crippen LogP contribution is 2.51. The first kappa shape index (κ1) is 26.5. The molecule has 4 heteroatoms. The molecule has 0 saturated carbocycles. The van der Waals surface area contributed by atoms with E-state index in [1.54, 1.807) is 0 Å². The number of rotatable bonds is 4. The minimum Gasteiger partial charge on any atom is -0.456 e. The van der Waals surface area contributed by atoms with Gasteiger partial charge in [0.05, 0.1) is 0 Å². The molecule has 46 heavy (non-hydrogen) atoms. The number of hydrogen-bond donors (Lipinski definition) is 0. The van der Waals surface area contributed by atoms with Gasteiger partial charge in [0.25, 0.3) is 0 Å². The summed E-state index contributed by atoms with van der Waals surface area (Å²) in [5.74, 6) is 1.97. The van der Waals surface area contributed by atoms with Crippen molar-refractivity contribution < 1.29 is 4.42 Å². The maximum atomic E-state index is 6.29. The third-order valence-electron chi connectivity index (χ3n) is 9.35. The third kappa shape index (κ3) is 4.18. The summed E-state index contributed by atoms with van der Waals surface area (Å²) in [6.45, 7) is 4.64. The predicted molar refractivity (Wildman–Crippen MR) is 186 cm³/mol. The number of nitrogens with zero attached hydrogens (tertiary/aromatic N) is 3. The number of fused-ring (bicyclic) bond motifs is 6. The highest BCUT2D eigenvalue weighted by molar-refractivity contribution is 6.07. The van der Waals surface area contributed by atoms with E-state index in [2.05, 4.69) is 80.6 Å². The van der Waals surface area contributed by atoms with Crippen LogP contribution >= 0.6 is 0 Å². The van der Waals surface area contributed by atoms with Crippen LogP contribution in [0.15, 0.2) is 144 Å². The van der Waals surface area contributed by atoms with Crippen LogP contribution < -0.4 is 0 Å². The van der Waals surface area contributed by atoms with Crippen molar-refractivity contribution in [3.8, 4) is 56.4 Å². The van der Waals surface area contributed by atoms with Crippen molar-refractivity contribution in [1.29, 1.82) is 0 Å². The van der Waals surface area contributed by atoms with Gasteiger partial charge in [0, 0.05) is 32.9 Å².